The minimum absolute atomic E-state index is 0.543. The third-order valence-electron chi connectivity index (χ3n) is 3.95. The van der Waals surface area contributed by atoms with Crippen LogP contribution in [0.4, 0.5) is 5.69 Å². The Bertz CT molecular complexity index is 538. The Morgan fingerprint density at radius 2 is 1.63 bits per heavy atom. The van der Waals surface area contributed by atoms with Gasteiger partial charge in [-0.2, -0.15) is 0 Å². The first-order valence-electron chi connectivity index (χ1n) is 6.90. The third-order valence-corrected chi connectivity index (χ3v) is 4.67. The van der Waals surface area contributed by atoms with Gasteiger partial charge in [-0.25, -0.2) is 0 Å². The van der Waals surface area contributed by atoms with Crippen molar-refractivity contribution in [2.45, 2.75) is 31.2 Å². The van der Waals surface area contributed by atoms with Crippen LogP contribution >= 0.6 is 15.9 Å². The van der Waals surface area contributed by atoms with E-state index in [0.717, 1.165) is 0 Å². The summed E-state index contributed by atoms with van der Waals surface area (Å²) in [6.07, 6.45) is 3.82. The summed E-state index contributed by atoms with van der Waals surface area (Å²) in [5.41, 5.74) is 2.67. The van der Waals surface area contributed by atoms with Gasteiger partial charge >= 0.3 is 0 Å². The number of benzene rings is 2. The van der Waals surface area contributed by atoms with Crippen LogP contribution in [0, 0.1) is 0 Å². The van der Waals surface area contributed by atoms with Crippen molar-refractivity contribution in [1.82, 2.24) is 0 Å². The number of halogens is 1. The molecule has 2 aromatic carbocycles. The molecule has 2 heteroatoms. The third kappa shape index (κ3) is 2.84. The first-order valence-corrected chi connectivity index (χ1v) is 7.70. The highest BCUT2D eigenvalue weighted by molar-refractivity contribution is 9.10. The second-order valence-corrected chi connectivity index (χ2v) is 6.03. The first-order chi connectivity index (χ1) is 9.34. The molecule has 2 aromatic rings. The summed E-state index contributed by atoms with van der Waals surface area (Å²) >= 11 is 3.69. The summed E-state index contributed by atoms with van der Waals surface area (Å²) in [5, 5.41) is 3.70. The predicted molar refractivity (Wildman–Crippen MR) is 84.6 cm³/mol. The van der Waals surface area contributed by atoms with Crippen LogP contribution in [0.2, 0.25) is 0 Å². The van der Waals surface area contributed by atoms with Crippen molar-refractivity contribution in [2.24, 2.45) is 0 Å². The van der Waals surface area contributed by atoms with Crippen LogP contribution in [0.3, 0.4) is 0 Å². The quantitative estimate of drug-likeness (QED) is 0.821. The van der Waals surface area contributed by atoms with E-state index in [-0.39, 0.29) is 0 Å². The van der Waals surface area contributed by atoms with Crippen LogP contribution in [-0.2, 0) is 0 Å². The van der Waals surface area contributed by atoms with Crippen LogP contribution in [0.1, 0.15) is 30.7 Å². The minimum atomic E-state index is 0.543. The number of anilines is 1. The van der Waals surface area contributed by atoms with Crippen LogP contribution in [0.5, 0.6) is 0 Å². The highest BCUT2D eigenvalue weighted by Crippen LogP contribution is 2.39. The van der Waals surface area contributed by atoms with Crippen molar-refractivity contribution >= 4 is 21.6 Å². The zero-order valence-corrected chi connectivity index (χ0v) is 12.4. The first kappa shape index (κ1) is 12.7. The smallest absolute Gasteiger partial charge is 0.0342 e. The number of rotatable bonds is 3. The molecule has 3 rings (SSSR count). The molecular weight excluding hydrogens is 298 g/mol. The second-order valence-electron chi connectivity index (χ2n) is 5.18. The van der Waals surface area contributed by atoms with Crippen LogP contribution < -0.4 is 5.32 Å². The molecule has 0 aromatic heterocycles. The summed E-state index contributed by atoms with van der Waals surface area (Å²) in [6, 6.07) is 19.7. The lowest BCUT2D eigenvalue weighted by atomic mass is 9.94. The Kier molecular flexibility index (Phi) is 3.88. The lowest BCUT2D eigenvalue weighted by molar-refractivity contribution is 0.648. The molecule has 1 fully saturated rings. The van der Waals surface area contributed by atoms with E-state index in [2.05, 4.69) is 75.8 Å². The normalized spacial score (nSPS) is 22.4. The fourth-order valence-electron chi connectivity index (χ4n) is 3.03. The van der Waals surface area contributed by atoms with Gasteiger partial charge in [0.05, 0.1) is 0 Å². The predicted octanol–water partition coefficient (Wildman–Crippen LogP) is 5.20. The number of para-hydroxylation sites is 1. The molecule has 1 N–H and O–H groups in total. The fourth-order valence-corrected chi connectivity index (χ4v) is 3.61. The molecule has 2 atom stereocenters. The van der Waals surface area contributed by atoms with E-state index in [1.54, 1.807) is 0 Å². The second kappa shape index (κ2) is 5.79. The van der Waals surface area contributed by atoms with Gasteiger partial charge in [0.2, 0.25) is 0 Å². The van der Waals surface area contributed by atoms with E-state index in [4.69, 9.17) is 0 Å². The monoisotopic (exact) mass is 315 g/mol. The summed E-state index contributed by atoms with van der Waals surface area (Å²) in [7, 11) is 0. The zero-order chi connectivity index (χ0) is 13.1. The van der Waals surface area contributed by atoms with Crippen molar-refractivity contribution in [2.75, 3.05) is 5.32 Å². The lowest BCUT2D eigenvalue weighted by Crippen LogP contribution is -2.22. The topological polar surface area (TPSA) is 12.0 Å². The van der Waals surface area contributed by atoms with E-state index < -0.39 is 0 Å². The molecule has 98 valence electrons. The maximum atomic E-state index is 3.70. The van der Waals surface area contributed by atoms with Crippen molar-refractivity contribution in [3.63, 3.8) is 0 Å². The lowest BCUT2D eigenvalue weighted by Gasteiger charge is -2.23. The van der Waals surface area contributed by atoms with Gasteiger partial charge in [0.1, 0.15) is 0 Å². The number of hydrogen-bond acceptors (Lipinski definition) is 1. The Morgan fingerprint density at radius 3 is 2.42 bits per heavy atom. The van der Waals surface area contributed by atoms with E-state index in [1.807, 2.05) is 0 Å². The Morgan fingerprint density at radius 1 is 0.895 bits per heavy atom. The maximum Gasteiger partial charge on any atom is 0.0342 e. The average Bonchev–Trinajstić information content (AvgIpc) is 2.88. The summed E-state index contributed by atoms with van der Waals surface area (Å²) < 4.78 is 1.24. The van der Waals surface area contributed by atoms with E-state index in [0.29, 0.717) is 12.0 Å². The average molecular weight is 316 g/mol. The van der Waals surface area contributed by atoms with Crippen LogP contribution in [-0.4, -0.2) is 6.04 Å². The molecule has 0 unspecified atom stereocenters. The van der Waals surface area contributed by atoms with E-state index >= 15 is 0 Å². The molecular formula is C17H18BrN. The fraction of sp³-hybridized carbons (Fsp3) is 0.294. The maximum absolute atomic E-state index is 3.70. The summed E-state index contributed by atoms with van der Waals surface area (Å²) in [4.78, 5) is 0. The standard InChI is InChI=1S/C17H18BrN/c18-16-11-5-4-9-14(16)15-10-6-12-17(15)19-13-7-2-1-3-8-13/h1-5,7-9,11,15,17,19H,6,10,12H2/t15-,17-/m0/s1. The van der Waals surface area contributed by atoms with E-state index in [1.165, 1.54) is 35.0 Å². The number of hydrogen-bond donors (Lipinski definition) is 1. The Balaban J connectivity index is 1.81. The van der Waals surface area contributed by atoms with Crippen LogP contribution in [0.25, 0.3) is 0 Å². The molecule has 0 aliphatic heterocycles. The van der Waals surface area contributed by atoms with Crippen molar-refractivity contribution in [3.8, 4) is 0 Å². The minimum Gasteiger partial charge on any atom is -0.382 e. The molecule has 1 nitrogen and oxygen atoms in total. The molecule has 1 saturated carbocycles. The zero-order valence-electron chi connectivity index (χ0n) is 10.9. The van der Waals surface area contributed by atoms with Crippen molar-refractivity contribution < 1.29 is 0 Å². The van der Waals surface area contributed by atoms with Gasteiger partial charge in [-0.15, -0.1) is 0 Å². The Labute approximate surface area is 123 Å². The molecule has 0 amide bonds. The van der Waals surface area contributed by atoms with Gasteiger partial charge in [0.25, 0.3) is 0 Å². The summed E-state index contributed by atoms with van der Waals surface area (Å²) in [5.74, 6) is 0.607. The van der Waals surface area contributed by atoms with Gasteiger partial charge in [-0.3, -0.25) is 0 Å². The van der Waals surface area contributed by atoms with Gasteiger partial charge in [-0.1, -0.05) is 58.7 Å². The largest absolute Gasteiger partial charge is 0.382 e. The SMILES string of the molecule is Brc1ccccc1[C@@H]1CCC[C@@H]1Nc1ccccc1. The molecule has 0 radical (unpaired) electrons. The molecule has 19 heavy (non-hydrogen) atoms. The van der Waals surface area contributed by atoms with Gasteiger partial charge < -0.3 is 5.32 Å². The molecule has 0 bridgehead atoms. The van der Waals surface area contributed by atoms with Gasteiger partial charge in [-0.05, 0) is 36.6 Å². The molecule has 1 aliphatic rings. The van der Waals surface area contributed by atoms with E-state index in [9.17, 15) is 0 Å². The number of nitrogens with one attached hydrogen (secondary N) is 1. The Hall–Kier alpha value is -1.28. The molecule has 0 heterocycles. The molecule has 0 spiro atoms. The van der Waals surface area contributed by atoms with Crippen molar-refractivity contribution in [3.05, 3.63) is 64.6 Å². The summed E-state index contributed by atoms with van der Waals surface area (Å²) in [6.45, 7) is 0. The van der Waals surface area contributed by atoms with Gasteiger partial charge in [0.15, 0.2) is 0 Å². The van der Waals surface area contributed by atoms with Gasteiger partial charge in [0, 0.05) is 22.1 Å². The molecule has 1 aliphatic carbocycles. The highest BCUT2D eigenvalue weighted by atomic mass is 79.9. The van der Waals surface area contributed by atoms with Crippen molar-refractivity contribution in [1.29, 1.82) is 0 Å². The highest BCUT2D eigenvalue weighted by Gasteiger charge is 2.29. The van der Waals surface area contributed by atoms with Crippen LogP contribution in [0.15, 0.2) is 59.1 Å². The molecule has 0 saturated heterocycles.